The Balaban J connectivity index is -0.0000000886. The van der Waals surface area contributed by atoms with Gasteiger partial charge in [0.15, 0.2) is 0 Å². The zero-order valence-electron chi connectivity index (χ0n) is 8.76. The van der Waals surface area contributed by atoms with Crippen LogP contribution in [0.5, 0.6) is 0 Å². The van der Waals surface area contributed by atoms with Gasteiger partial charge < -0.3 is 0 Å². The SMILES string of the molecule is CC[SiH3].CN(C)N.CN(C)N. The molecule has 0 spiro atoms. The highest BCUT2D eigenvalue weighted by atomic mass is 28.1. The summed E-state index contributed by atoms with van der Waals surface area (Å²) in [6.07, 6.45) is 0. The summed E-state index contributed by atoms with van der Waals surface area (Å²) in [5.74, 6) is 9.89. The van der Waals surface area contributed by atoms with Gasteiger partial charge in [-0.15, -0.1) is 0 Å². The van der Waals surface area contributed by atoms with Crippen LogP contribution in [-0.4, -0.2) is 48.5 Å². The lowest BCUT2D eigenvalue weighted by molar-refractivity contribution is 0.432. The van der Waals surface area contributed by atoms with E-state index in [4.69, 9.17) is 11.7 Å². The van der Waals surface area contributed by atoms with Crippen LogP contribution in [0, 0.1) is 0 Å². The molecule has 0 aliphatic heterocycles. The number of nitrogens with zero attached hydrogens (tertiary/aromatic N) is 2. The molecule has 0 amide bonds. The van der Waals surface area contributed by atoms with Gasteiger partial charge in [0.05, 0.1) is 0 Å². The molecule has 72 valence electrons. The smallest absolute Gasteiger partial charge is 0.00244 e. The molecule has 11 heavy (non-hydrogen) atoms. The van der Waals surface area contributed by atoms with Crippen LogP contribution in [0.15, 0.2) is 0 Å². The average molecular weight is 180 g/mol. The third-order valence-electron chi connectivity index (χ3n) is 0. The molecule has 0 rings (SSSR count). The first-order valence-corrected chi connectivity index (χ1v) is 5.13. The maximum absolute atomic E-state index is 4.94. The zero-order valence-corrected chi connectivity index (χ0v) is 10.8. The molecule has 0 atom stereocenters. The fraction of sp³-hybridized carbons (Fsp3) is 1.00. The number of rotatable bonds is 0. The normalized spacial score (nSPS) is 8.45. The van der Waals surface area contributed by atoms with Gasteiger partial charge in [-0.3, -0.25) is 21.7 Å². The topological polar surface area (TPSA) is 58.5 Å². The summed E-state index contributed by atoms with van der Waals surface area (Å²) >= 11 is 0. The standard InChI is InChI=1S/2C2H8N2.C2H8Si/c2*1-4(2)3;1-2-3/h2*3H2,1-2H3;2H2,1,3H3. The van der Waals surface area contributed by atoms with Crippen LogP contribution in [0.2, 0.25) is 6.04 Å². The summed E-state index contributed by atoms with van der Waals surface area (Å²) in [6.45, 7) is 2.19. The van der Waals surface area contributed by atoms with Crippen LogP contribution in [-0.2, 0) is 0 Å². The van der Waals surface area contributed by atoms with E-state index >= 15 is 0 Å². The Kier molecular flexibility index (Phi) is 25.9. The minimum atomic E-state index is 1.37. The Morgan fingerprint density at radius 3 is 1.00 bits per heavy atom. The second-order valence-corrected chi connectivity index (χ2v) is 4.05. The highest BCUT2D eigenvalue weighted by Gasteiger charge is 1.57. The van der Waals surface area contributed by atoms with E-state index < -0.39 is 0 Å². The van der Waals surface area contributed by atoms with Gasteiger partial charge in [-0.25, -0.2) is 0 Å². The molecule has 4 N–H and O–H groups in total. The van der Waals surface area contributed by atoms with Crippen molar-refractivity contribution < 1.29 is 0 Å². The lowest BCUT2D eigenvalue weighted by Gasteiger charge is -1.91. The van der Waals surface area contributed by atoms with Gasteiger partial charge in [-0.2, -0.15) is 0 Å². The minimum absolute atomic E-state index is 1.37. The lowest BCUT2D eigenvalue weighted by atomic mass is 11.0. The molecule has 0 aliphatic rings. The van der Waals surface area contributed by atoms with E-state index in [-0.39, 0.29) is 0 Å². The number of hydrogen-bond donors (Lipinski definition) is 2. The largest absolute Gasteiger partial charge is 0.269 e. The first-order chi connectivity index (χ1) is 4.88. The van der Waals surface area contributed by atoms with E-state index in [1.165, 1.54) is 26.3 Å². The van der Waals surface area contributed by atoms with Crippen LogP contribution in [0.1, 0.15) is 6.92 Å². The molecule has 0 saturated heterocycles. The van der Waals surface area contributed by atoms with E-state index in [0.29, 0.717) is 0 Å². The maximum Gasteiger partial charge on any atom is 0.00244 e. The highest BCUT2D eigenvalue weighted by molar-refractivity contribution is 6.08. The van der Waals surface area contributed by atoms with Crippen molar-refractivity contribution in [2.75, 3.05) is 28.2 Å². The first kappa shape index (κ1) is 17.2. The predicted molar refractivity (Wildman–Crippen MR) is 56.2 cm³/mol. The zero-order chi connectivity index (χ0) is 9.86. The molecule has 0 saturated carbocycles. The summed E-state index contributed by atoms with van der Waals surface area (Å²) in [4.78, 5) is 0. The Hall–Kier alpha value is 0.0569. The predicted octanol–water partition coefficient (Wildman–Crippen LogP) is -1.37. The van der Waals surface area contributed by atoms with Crippen molar-refractivity contribution in [2.24, 2.45) is 11.7 Å². The van der Waals surface area contributed by atoms with E-state index in [2.05, 4.69) is 6.92 Å². The highest BCUT2D eigenvalue weighted by Crippen LogP contribution is 1.49. The van der Waals surface area contributed by atoms with Crippen molar-refractivity contribution >= 4 is 10.2 Å². The third-order valence-corrected chi connectivity index (χ3v) is 0. The maximum atomic E-state index is 4.94. The first-order valence-electron chi connectivity index (χ1n) is 3.72. The van der Waals surface area contributed by atoms with Crippen molar-refractivity contribution in [3.63, 3.8) is 0 Å². The van der Waals surface area contributed by atoms with Crippen LogP contribution >= 0.6 is 0 Å². The molecule has 4 nitrogen and oxygen atoms in total. The molecule has 0 fully saturated rings. The van der Waals surface area contributed by atoms with Crippen molar-refractivity contribution in [3.8, 4) is 0 Å². The minimum Gasteiger partial charge on any atom is -0.269 e. The summed E-state index contributed by atoms with van der Waals surface area (Å²) < 4.78 is 0. The molecule has 0 bridgehead atoms. The van der Waals surface area contributed by atoms with E-state index in [9.17, 15) is 0 Å². The van der Waals surface area contributed by atoms with Gasteiger partial charge in [0.25, 0.3) is 0 Å². The Morgan fingerprint density at radius 2 is 1.00 bits per heavy atom. The van der Waals surface area contributed by atoms with Gasteiger partial charge in [0.2, 0.25) is 0 Å². The molecule has 0 aromatic heterocycles. The van der Waals surface area contributed by atoms with Crippen LogP contribution in [0.4, 0.5) is 0 Å². The summed E-state index contributed by atoms with van der Waals surface area (Å²) in [5, 5.41) is 3.00. The molecule has 5 heteroatoms. The molecular formula is C6H24N4Si. The number of hydrazine groups is 2. The third kappa shape index (κ3) is 202000. The summed E-state index contributed by atoms with van der Waals surface area (Å²) in [7, 11) is 8.48. The van der Waals surface area contributed by atoms with E-state index in [0.717, 1.165) is 0 Å². The van der Waals surface area contributed by atoms with E-state index in [1.807, 2.05) is 0 Å². The molecule has 0 aliphatic carbocycles. The van der Waals surface area contributed by atoms with Gasteiger partial charge in [0, 0.05) is 38.4 Å². The fourth-order valence-corrected chi connectivity index (χ4v) is 0. The number of hydrogen-bond acceptors (Lipinski definition) is 4. The molecule has 0 heterocycles. The second-order valence-electron chi connectivity index (χ2n) is 2.63. The monoisotopic (exact) mass is 180 g/mol. The van der Waals surface area contributed by atoms with Crippen molar-refractivity contribution in [2.45, 2.75) is 13.0 Å². The second kappa shape index (κ2) is 16.6. The molecule has 0 radical (unpaired) electrons. The Bertz CT molecular complexity index is 38.3. The van der Waals surface area contributed by atoms with Gasteiger partial charge in [-0.1, -0.05) is 13.0 Å². The van der Waals surface area contributed by atoms with Gasteiger partial charge in [-0.05, 0) is 0 Å². The molecule has 0 unspecified atom stereocenters. The van der Waals surface area contributed by atoms with Crippen molar-refractivity contribution in [1.82, 2.24) is 10.0 Å². The van der Waals surface area contributed by atoms with E-state index in [1.54, 1.807) is 28.2 Å². The quantitative estimate of drug-likeness (QED) is 0.274. The van der Waals surface area contributed by atoms with Crippen molar-refractivity contribution in [1.29, 1.82) is 0 Å². The summed E-state index contributed by atoms with van der Waals surface area (Å²) in [6, 6.07) is 1.39. The number of nitrogens with two attached hydrogens (primary N) is 2. The van der Waals surface area contributed by atoms with Crippen molar-refractivity contribution in [3.05, 3.63) is 0 Å². The average Bonchev–Trinajstić information content (AvgIpc) is 1.60. The Labute approximate surface area is 73.9 Å². The lowest BCUT2D eigenvalue weighted by Crippen LogP contribution is -2.18. The fourth-order valence-electron chi connectivity index (χ4n) is 0. The summed E-state index contributed by atoms with van der Waals surface area (Å²) in [5.41, 5.74) is 0. The molecular weight excluding hydrogens is 156 g/mol. The van der Waals surface area contributed by atoms with Crippen LogP contribution in [0.25, 0.3) is 0 Å². The Morgan fingerprint density at radius 1 is 1.00 bits per heavy atom. The van der Waals surface area contributed by atoms with Crippen LogP contribution < -0.4 is 11.7 Å². The van der Waals surface area contributed by atoms with Crippen LogP contribution in [0.3, 0.4) is 0 Å². The van der Waals surface area contributed by atoms with Gasteiger partial charge in [0.1, 0.15) is 0 Å². The van der Waals surface area contributed by atoms with Gasteiger partial charge >= 0.3 is 0 Å². The molecule has 0 aromatic carbocycles. The molecule has 0 aromatic rings.